The highest BCUT2D eigenvalue weighted by Gasteiger charge is 2.17. The van der Waals surface area contributed by atoms with Crippen molar-refractivity contribution in [1.82, 2.24) is 20.3 Å². The van der Waals surface area contributed by atoms with E-state index < -0.39 is 14.9 Å². The van der Waals surface area contributed by atoms with Gasteiger partial charge in [-0.2, -0.15) is 0 Å². The van der Waals surface area contributed by atoms with Crippen molar-refractivity contribution in [2.45, 2.75) is 32.2 Å². The van der Waals surface area contributed by atoms with E-state index in [4.69, 9.17) is 0 Å². The lowest BCUT2D eigenvalue weighted by Crippen LogP contribution is -2.41. The number of aromatic nitrogens is 1. The van der Waals surface area contributed by atoms with Crippen molar-refractivity contribution in [3.05, 3.63) is 50.0 Å². The molecule has 0 unspecified atom stereocenters. The molecule has 0 radical (unpaired) electrons. The minimum Gasteiger partial charge on any atom is -0.357 e. The summed E-state index contributed by atoms with van der Waals surface area (Å²) in [6.45, 7) is 7.34. The first-order valence-corrected chi connectivity index (χ1v) is 11.2. The summed E-state index contributed by atoms with van der Waals surface area (Å²) in [4.78, 5) is 20.0. The molecular formula is C17H25IN6O4S2. The van der Waals surface area contributed by atoms with Gasteiger partial charge in [-0.15, -0.1) is 35.3 Å². The Balaban J connectivity index is 0.00000450. The van der Waals surface area contributed by atoms with Gasteiger partial charge in [-0.3, -0.25) is 10.1 Å². The summed E-state index contributed by atoms with van der Waals surface area (Å²) < 4.78 is 27.1. The molecule has 0 aliphatic heterocycles. The van der Waals surface area contributed by atoms with Gasteiger partial charge >= 0.3 is 0 Å². The van der Waals surface area contributed by atoms with Crippen molar-refractivity contribution in [2.75, 3.05) is 19.6 Å². The largest absolute Gasteiger partial charge is 0.357 e. The molecule has 0 atom stereocenters. The minimum absolute atomic E-state index is 0. The molecule has 0 aliphatic rings. The minimum atomic E-state index is -3.85. The monoisotopic (exact) mass is 568 g/mol. The van der Waals surface area contributed by atoms with Gasteiger partial charge in [0.05, 0.1) is 27.1 Å². The number of aryl methyl sites for hydroxylation is 2. The summed E-state index contributed by atoms with van der Waals surface area (Å²) in [7, 11) is -3.85. The van der Waals surface area contributed by atoms with Gasteiger partial charge in [-0.05, 0) is 26.8 Å². The number of nitrogens with one attached hydrogen (secondary N) is 3. The lowest BCUT2D eigenvalue weighted by Gasteiger charge is -2.12. The van der Waals surface area contributed by atoms with E-state index in [0.717, 1.165) is 21.6 Å². The number of hydrogen-bond donors (Lipinski definition) is 3. The number of hydrogen-bond acceptors (Lipinski definition) is 7. The number of non-ortho nitro benzene ring substituents is 1. The van der Waals surface area contributed by atoms with E-state index in [1.807, 2.05) is 20.8 Å². The number of nitro benzene ring substituents is 1. The van der Waals surface area contributed by atoms with Crippen LogP contribution in [0, 0.1) is 24.0 Å². The first kappa shape index (κ1) is 26.2. The summed E-state index contributed by atoms with van der Waals surface area (Å²) >= 11 is 1.59. The van der Waals surface area contributed by atoms with Crippen LogP contribution in [0.25, 0.3) is 0 Å². The van der Waals surface area contributed by atoms with Crippen LogP contribution in [0.5, 0.6) is 0 Å². The van der Waals surface area contributed by atoms with Gasteiger partial charge in [-0.25, -0.2) is 23.1 Å². The van der Waals surface area contributed by atoms with Crippen LogP contribution in [0.1, 0.15) is 22.5 Å². The number of guanidine groups is 1. The molecular weight excluding hydrogens is 543 g/mol. The Kier molecular flexibility index (Phi) is 10.6. The van der Waals surface area contributed by atoms with Gasteiger partial charge < -0.3 is 10.6 Å². The number of benzene rings is 1. The molecule has 1 aromatic carbocycles. The number of sulfonamides is 1. The van der Waals surface area contributed by atoms with E-state index in [0.29, 0.717) is 25.6 Å². The Morgan fingerprint density at radius 2 is 2.00 bits per heavy atom. The molecule has 3 N–H and O–H groups in total. The molecule has 13 heteroatoms. The molecule has 0 bridgehead atoms. The lowest BCUT2D eigenvalue weighted by molar-refractivity contribution is -0.385. The fourth-order valence-corrected chi connectivity index (χ4v) is 4.36. The van der Waals surface area contributed by atoms with Crippen LogP contribution < -0.4 is 15.4 Å². The third kappa shape index (κ3) is 7.77. The zero-order valence-electron chi connectivity index (χ0n) is 16.8. The van der Waals surface area contributed by atoms with Gasteiger partial charge in [-0.1, -0.05) is 6.07 Å². The first-order chi connectivity index (χ1) is 13.7. The Hall–Kier alpha value is -1.84. The number of rotatable bonds is 9. The summed E-state index contributed by atoms with van der Waals surface area (Å²) in [5.74, 6) is 0.562. The van der Waals surface area contributed by atoms with E-state index in [2.05, 4.69) is 25.3 Å². The molecule has 2 rings (SSSR count). The third-order valence-electron chi connectivity index (χ3n) is 3.77. The SMILES string of the molecule is CCNC(=NCc1sc(C)nc1C)NCCNS(=O)(=O)c1cccc([N+](=O)[O-])c1.I. The molecule has 166 valence electrons. The van der Waals surface area contributed by atoms with Crippen LogP contribution in [0.2, 0.25) is 0 Å². The maximum Gasteiger partial charge on any atom is 0.270 e. The first-order valence-electron chi connectivity index (χ1n) is 8.92. The predicted molar refractivity (Wildman–Crippen MR) is 128 cm³/mol. The molecule has 0 spiro atoms. The zero-order valence-corrected chi connectivity index (χ0v) is 20.8. The molecule has 0 aliphatic carbocycles. The highest BCUT2D eigenvalue weighted by Crippen LogP contribution is 2.18. The van der Waals surface area contributed by atoms with Crippen LogP contribution in [-0.4, -0.2) is 43.9 Å². The Morgan fingerprint density at radius 1 is 1.27 bits per heavy atom. The number of nitro groups is 1. The summed E-state index contributed by atoms with van der Waals surface area (Å²) in [5, 5.41) is 18.0. The second-order valence-electron chi connectivity index (χ2n) is 6.02. The Labute approximate surface area is 196 Å². The van der Waals surface area contributed by atoms with Crippen molar-refractivity contribution < 1.29 is 13.3 Å². The van der Waals surface area contributed by atoms with Crippen molar-refractivity contribution in [2.24, 2.45) is 4.99 Å². The van der Waals surface area contributed by atoms with E-state index in [1.165, 1.54) is 18.2 Å². The van der Waals surface area contributed by atoms with E-state index in [-0.39, 0.29) is 41.1 Å². The molecule has 1 heterocycles. The van der Waals surface area contributed by atoms with Gasteiger partial charge in [0, 0.05) is 36.6 Å². The van der Waals surface area contributed by atoms with E-state index in [1.54, 1.807) is 11.3 Å². The van der Waals surface area contributed by atoms with Gasteiger partial charge in [0.2, 0.25) is 10.0 Å². The molecule has 0 saturated carbocycles. The predicted octanol–water partition coefficient (Wildman–Crippen LogP) is 2.32. The number of thiazole rings is 1. The normalized spacial score (nSPS) is 11.6. The standard InChI is InChI=1S/C17H24N6O4S2.HI/c1-4-18-17(20-11-16-12(2)22-13(3)28-16)19-8-9-21-29(26,27)15-7-5-6-14(10-15)23(24)25;/h5-7,10,21H,4,8-9,11H2,1-3H3,(H2,18,19,20);1H. The fourth-order valence-electron chi connectivity index (χ4n) is 2.43. The quantitative estimate of drug-likeness (QED) is 0.105. The van der Waals surface area contributed by atoms with Crippen LogP contribution in [-0.2, 0) is 16.6 Å². The van der Waals surface area contributed by atoms with Crippen molar-refractivity contribution >= 4 is 57.0 Å². The maximum absolute atomic E-state index is 12.3. The van der Waals surface area contributed by atoms with E-state index >= 15 is 0 Å². The van der Waals surface area contributed by atoms with Crippen molar-refractivity contribution in [1.29, 1.82) is 0 Å². The van der Waals surface area contributed by atoms with Gasteiger partial charge in [0.25, 0.3) is 5.69 Å². The molecule has 0 saturated heterocycles. The second kappa shape index (κ2) is 12.1. The molecule has 30 heavy (non-hydrogen) atoms. The highest BCUT2D eigenvalue weighted by atomic mass is 127. The van der Waals surface area contributed by atoms with Crippen LogP contribution in [0.3, 0.4) is 0 Å². The van der Waals surface area contributed by atoms with Gasteiger partial charge in [0.15, 0.2) is 5.96 Å². The molecule has 10 nitrogen and oxygen atoms in total. The maximum atomic E-state index is 12.3. The number of aliphatic imine (C=N–C) groups is 1. The van der Waals surface area contributed by atoms with Gasteiger partial charge in [0.1, 0.15) is 0 Å². The van der Waals surface area contributed by atoms with Crippen LogP contribution in [0.4, 0.5) is 5.69 Å². The van der Waals surface area contributed by atoms with E-state index in [9.17, 15) is 18.5 Å². The average Bonchev–Trinajstić information content (AvgIpc) is 3.00. The topological polar surface area (TPSA) is 139 Å². The third-order valence-corrected chi connectivity index (χ3v) is 6.29. The Morgan fingerprint density at radius 3 is 2.60 bits per heavy atom. The molecule has 1 aromatic heterocycles. The van der Waals surface area contributed by atoms with Crippen molar-refractivity contribution in [3.63, 3.8) is 0 Å². The molecule has 0 fully saturated rings. The average molecular weight is 568 g/mol. The Bertz CT molecular complexity index is 994. The zero-order chi connectivity index (χ0) is 21.4. The fraction of sp³-hybridized carbons (Fsp3) is 0.412. The lowest BCUT2D eigenvalue weighted by atomic mass is 10.3. The summed E-state index contributed by atoms with van der Waals surface area (Å²) in [6.07, 6.45) is 0. The van der Waals surface area contributed by atoms with Crippen molar-refractivity contribution in [3.8, 4) is 0 Å². The number of halogens is 1. The smallest absolute Gasteiger partial charge is 0.270 e. The second-order valence-corrected chi connectivity index (χ2v) is 9.07. The molecule has 2 aromatic rings. The highest BCUT2D eigenvalue weighted by molar-refractivity contribution is 14.0. The molecule has 0 amide bonds. The summed E-state index contributed by atoms with van der Waals surface area (Å²) in [6, 6.07) is 4.92. The van der Waals surface area contributed by atoms with Crippen LogP contribution in [0.15, 0.2) is 34.2 Å². The number of nitrogens with zero attached hydrogens (tertiary/aromatic N) is 3. The summed E-state index contributed by atoms with van der Waals surface area (Å²) in [5.41, 5.74) is 0.679. The van der Waals surface area contributed by atoms with Crippen LogP contribution >= 0.6 is 35.3 Å².